The van der Waals surface area contributed by atoms with Gasteiger partial charge in [-0.05, 0) is 89.9 Å². The highest BCUT2D eigenvalue weighted by atomic mass is 31.2. The highest BCUT2D eigenvalue weighted by Crippen LogP contribution is 2.38. The van der Waals surface area contributed by atoms with Crippen LogP contribution in [0.15, 0.2) is 97.2 Å². The van der Waals surface area contributed by atoms with E-state index in [0.29, 0.717) is 17.4 Å². The van der Waals surface area contributed by atoms with E-state index in [-0.39, 0.29) is 12.5 Å². The molecule has 0 radical (unpaired) electrons. The van der Waals surface area contributed by atoms with E-state index >= 15 is 0 Å². The molecule has 0 aromatic heterocycles. The van der Waals surface area contributed by atoms with E-state index in [0.717, 1.165) is 77.0 Å². The Bertz CT molecular complexity index is 1410. The number of carbonyl (C=O) groups excluding carboxylic acids is 1. The van der Waals surface area contributed by atoms with Gasteiger partial charge in [-0.2, -0.15) is 0 Å². The van der Waals surface area contributed by atoms with Crippen LogP contribution in [0, 0.1) is 0 Å². The number of aliphatic hydroxyl groups is 1. The lowest BCUT2D eigenvalue weighted by molar-refractivity contribution is -0.870. The lowest BCUT2D eigenvalue weighted by Gasteiger charge is -2.29. The number of nitrogens with zero attached hydrogens (tertiary/aromatic N) is 1. The molecular weight excluding hydrogens is 852 g/mol. The first kappa shape index (κ1) is 64.4. The third kappa shape index (κ3) is 51.1. The summed E-state index contributed by atoms with van der Waals surface area (Å²) in [7, 11) is 1.22. The molecule has 2 N–H and O–H groups in total. The molecule has 0 aromatic carbocycles. The van der Waals surface area contributed by atoms with Crippen LogP contribution in [0.3, 0.4) is 0 Å². The van der Waals surface area contributed by atoms with Crippen molar-refractivity contribution < 1.29 is 32.9 Å². The van der Waals surface area contributed by atoms with E-state index in [9.17, 15) is 19.4 Å². The molecule has 0 aromatic rings. The fourth-order valence-electron chi connectivity index (χ4n) is 7.27. The predicted molar refractivity (Wildman–Crippen MR) is 288 cm³/mol. The Hall–Kier alpha value is -2.58. The van der Waals surface area contributed by atoms with Crippen molar-refractivity contribution in [2.24, 2.45) is 0 Å². The van der Waals surface area contributed by atoms with E-state index < -0.39 is 26.6 Å². The van der Waals surface area contributed by atoms with Crippen molar-refractivity contribution in [1.82, 2.24) is 5.32 Å². The SMILES string of the molecule is CC/C=C\C/C=C\C/C=C\C/C=C\C/C=C\CCCCCCCCCCCCCCCC(=O)NC(COP(=O)([O-])OCC[N+](C)(C)C)C(O)/C=C/CC/C=C/CC/C=C/CCCCCCCC. The van der Waals surface area contributed by atoms with Crippen LogP contribution >= 0.6 is 7.82 Å². The van der Waals surface area contributed by atoms with Crippen LogP contribution in [0.1, 0.15) is 213 Å². The molecule has 0 bridgehead atoms. The molecule has 0 aliphatic heterocycles. The molecule has 0 aliphatic rings. The van der Waals surface area contributed by atoms with Gasteiger partial charge in [0.25, 0.3) is 7.82 Å². The van der Waals surface area contributed by atoms with Crippen LogP contribution in [-0.4, -0.2) is 68.5 Å². The summed E-state index contributed by atoms with van der Waals surface area (Å²) in [6.07, 6.45) is 69.0. The Kier molecular flexibility index (Phi) is 46.6. The third-order valence-corrected chi connectivity index (χ3v) is 12.5. The number of unbranched alkanes of at least 4 members (excludes halogenated alkanes) is 21. The van der Waals surface area contributed by atoms with Crippen molar-refractivity contribution in [2.75, 3.05) is 40.9 Å². The van der Waals surface area contributed by atoms with Crippen LogP contribution in [0.5, 0.6) is 0 Å². The highest BCUT2D eigenvalue weighted by Gasteiger charge is 2.23. The maximum absolute atomic E-state index is 12.9. The van der Waals surface area contributed by atoms with Crippen LogP contribution in [0.25, 0.3) is 0 Å². The van der Waals surface area contributed by atoms with E-state index in [4.69, 9.17) is 9.05 Å². The van der Waals surface area contributed by atoms with Gasteiger partial charge in [-0.15, -0.1) is 0 Å². The molecule has 0 spiro atoms. The van der Waals surface area contributed by atoms with Crippen LogP contribution in [0.2, 0.25) is 0 Å². The monoisotopic (exact) mass is 955 g/mol. The summed E-state index contributed by atoms with van der Waals surface area (Å²) in [6, 6.07) is -0.915. The van der Waals surface area contributed by atoms with E-state index in [1.54, 1.807) is 6.08 Å². The van der Waals surface area contributed by atoms with E-state index in [2.05, 4.69) is 104 Å². The molecule has 8 nitrogen and oxygen atoms in total. The number of likely N-dealkylation sites (N-methyl/N-ethyl adjacent to an activating group) is 1. The summed E-state index contributed by atoms with van der Waals surface area (Å²) < 4.78 is 23.3. The van der Waals surface area contributed by atoms with Gasteiger partial charge in [0.2, 0.25) is 5.91 Å². The van der Waals surface area contributed by atoms with Crippen molar-refractivity contribution in [1.29, 1.82) is 0 Å². The second-order valence-electron chi connectivity index (χ2n) is 19.2. The van der Waals surface area contributed by atoms with E-state index in [1.165, 1.54) is 116 Å². The van der Waals surface area contributed by atoms with Gasteiger partial charge < -0.3 is 28.8 Å². The Morgan fingerprint density at radius 1 is 0.537 bits per heavy atom. The Morgan fingerprint density at radius 3 is 1.39 bits per heavy atom. The Morgan fingerprint density at radius 2 is 0.925 bits per heavy atom. The number of aliphatic hydroxyl groups excluding tert-OH is 1. The number of quaternary nitrogens is 1. The minimum absolute atomic E-state index is 0.0132. The van der Waals surface area contributed by atoms with Gasteiger partial charge >= 0.3 is 0 Å². The Balaban J connectivity index is 4.25. The molecule has 0 saturated carbocycles. The lowest BCUT2D eigenvalue weighted by atomic mass is 10.0. The van der Waals surface area contributed by atoms with Crippen molar-refractivity contribution in [2.45, 2.75) is 225 Å². The highest BCUT2D eigenvalue weighted by molar-refractivity contribution is 7.45. The standard InChI is InChI=1S/C58H103N2O6P/c1-6-8-10-12-14-16-18-20-22-24-25-26-27-28-29-30-31-32-33-34-35-36-38-40-42-44-46-48-50-52-58(62)59-56(55-66-67(63,64)65-54-53-60(3,4)5)57(61)51-49-47-45-43-41-39-37-23-21-19-17-15-13-11-9-7-2/h8,10,14,16,20-23,25-26,28-29,41,43,49,51,56-57,61H,6-7,9,11-13,15,17-19,24,27,30-40,42,44-48,50,52-55H2,1-5H3,(H-,59,62,63,64)/b10-8-,16-14-,22-20-,23-21+,26-25-,29-28-,43-41+,51-49+. The van der Waals surface area contributed by atoms with E-state index in [1.807, 2.05) is 27.2 Å². The van der Waals surface area contributed by atoms with Crippen LogP contribution in [-0.2, 0) is 18.4 Å². The average Bonchev–Trinajstić information content (AvgIpc) is 3.29. The summed E-state index contributed by atoms with van der Waals surface area (Å²) in [5.74, 6) is -0.217. The molecule has 0 rings (SSSR count). The molecule has 3 unspecified atom stereocenters. The zero-order chi connectivity index (χ0) is 49.2. The summed E-state index contributed by atoms with van der Waals surface area (Å²) in [4.78, 5) is 25.4. The summed E-state index contributed by atoms with van der Waals surface area (Å²) in [5.41, 5.74) is 0. The third-order valence-electron chi connectivity index (χ3n) is 11.5. The number of hydrogen-bond donors (Lipinski definition) is 2. The van der Waals surface area contributed by atoms with Gasteiger partial charge in [0, 0.05) is 6.42 Å². The number of phosphoric ester groups is 1. The molecule has 67 heavy (non-hydrogen) atoms. The zero-order valence-corrected chi connectivity index (χ0v) is 44.7. The molecule has 0 saturated heterocycles. The maximum Gasteiger partial charge on any atom is 0.268 e. The Labute approximate surface area is 413 Å². The van der Waals surface area contributed by atoms with Crippen molar-refractivity contribution in [3.05, 3.63) is 97.2 Å². The minimum atomic E-state index is -4.61. The molecule has 0 fully saturated rings. The number of nitrogens with one attached hydrogen (secondary N) is 1. The molecule has 0 heterocycles. The first-order valence-electron chi connectivity index (χ1n) is 27.1. The largest absolute Gasteiger partial charge is 0.756 e. The van der Waals surface area contributed by atoms with Gasteiger partial charge in [-0.25, -0.2) is 0 Å². The van der Waals surface area contributed by atoms with Gasteiger partial charge in [0.05, 0.1) is 39.9 Å². The summed E-state index contributed by atoms with van der Waals surface area (Å²) in [5, 5.41) is 13.8. The van der Waals surface area contributed by atoms with Gasteiger partial charge in [0.1, 0.15) is 13.2 Å². The van der Waals surface area contributed by atoms with Crippen molar-refractivity contribution in [3.8, 4) is 0 Å². The zero-order valence-electron chi connectivity index (χ0n) is 43.8. The summed E-state index contributed by atoms with van der Waals surface area (Å²) >= 11 is 0. The molecule has 3 atom stereocenters. The van der Waals surface area contributed by atoms with Gasteiger partial charge in [0.15, 0.2) is 0 Å². The second-order valence-corrected chi connectivity index (χ2v) is 20.6. The molecule has 0 aliphatic carbocycles. The fraction of sp³-hybridized carbons (Fsp3) is 0.707. The quantitative estimate of drug-likeness (QED) is 0.0272. The van der Waals surface area contributed by atoms with Gasteiger partial charge in [-0.3, -0.25) is 9.36 Å². The minimum Gasteiger partial charge on any atom is -0.756 e. The number of amides is 1. The van der Waals surface area contributed by atoms with Crippen molar-refractivity contribution >= 4 is 13.7 Å². The maximum atomic E-state index is 12.9. The lowest BCUT2D eigenvalue weighted by Crippen LogP contribution is -2.45. The molecule has 1 amide bonds. The normalized spacial score (nSPS) is 14.8. The number of phosphoric acid groups is 1. The molecule has 386 valence electrons. The smallest absolute Gasteiger partial charge is 0.268 e. The fourth-order valence-corrected chi connectivity index (χ4v) is 7.99. The number of rotatable bonds is 48. The van der Waals surface area contributed by atoms with Crippen LogP contribution < -0.4 is 10.2 Å². The first-order chi connectivity index (χ1) is 32.5. The number of carbonyl (C=O) groups is 1. The number of hydrogen-bond acceptors (Lipinski definition) is 6. The molecular formula is C58H103N2O6P. The number of allylic oxidation sites excluding steroid dienone is 15. The molecule has 9 heteroatoms. The first-order valence-corrected chi connectivity index (χ1v) is 28.6. The van der Waals surface area contributed by atoms with Crippen LogP contribution in [0.4, 0.5) is 0 Å². The summed E-state index contributed by atoms with van der Waals surface area (Å²) in [6.45, 7) is 4.49. The topological polar surface area (TPSA) is 108 Å². The average molecular weight is 955 g/mol. The second kappa shape index (κ2) is 48.4. The van der Waals surface area contributed by atoms with Gasteiger partial charge in [-0.1, -0.05) is 214 Å². The van der Waals surface area contributed by atoms with Crippen molar-refractivity contribution in [3.63, 3.8) is 0 Å². The predicted octanol–water partition coefficient (Wildman–Crippen LogP) is 15.6.